The van der Waals surface area contributed by atoms with Crippen LogP contribution in [0, 0.1) is 5.41 Å². The van der Waals surface area contributed by atoms with Crippen LogP contribution in [-0.2, 0) is 4.74 Å². The molecule has 2 heteroatoms. The average Bonchev–Trinajstić information content (AvgIpc) is 1.84. The number of ether oxygens (including phenoxy) is 1. The van der Waals surface area contributed by atoms with Gasteiger partial charge in [-0.2, -0.15) is 0 Å². The Hall–Kier alpha value is -0.110. The molecule has 1 nitrogen and oxygen atoms in total. The molecule has 12 heavy (non-hydrogen) atoms. The number of hydrogen-bond acceptors (Lipinski definition) is 1. The normalized spacial score (nSPS) is 13.5. The van der Waals surface area contributed by atoms with Crippen molar-refractivity contribution < 1.29 is 9.13 Å². The molecule has 0 aromatic heterocycles. The second-order valence-corrected chi connectivity index (χ2v) is 5.05. The Kier molecular flexibility index (Phi) is 4.18. The lowest BCUT2D eigenvalue weighted by Crippen LogP contribution is -2.28. The first-order valence-corrected chi connectivity index (χ1v) is 4.47. The fourth-order valence-electron chi connectivity index (χ4n) is 0.672. The van der Waals surface area contributed by atoms with Gasteiger partial charge in [-0.15, -0.1) is 0 Å². The first-order valence-electron chi connectivity index (χ1n) is 4.47. The second kappa shape index (κ2) is 4.22. The summed E-state index contributed by atoms with van der Waals surface area (Å²) in [6.07, 6.45) is 0.969. The molecule has 0 spiro atoms. The zero-order valence-corrected chi connectivity index (χ0v) is 8.91. The van der Waals surface area contributed by atoms with Gasteiger partial charge < -0.3 is 4.74 Å². The Bertz CT molecular complexity index is 124. The van der Waals surface area contributed by atoms with Gasteiger partial charge in [0.15, 0.2) is 0 Å². The largest absolute Gasteiger partial charge is 0.373 e. The van der Waals surface area contributed by atoms with E-state index in [1.165, 1.54) is 0 Å². The minimum Gasteiger partial charge on any atom is -0.373 e. The summed E-state index contributed by atoms with van der Waals surface area (Å²) >= 11 is 0. The number of hydrogen-bond donors (Lipinski definition) is 0. The van der Waals surface area contributed by atoms with E-state index in [0.29, 0.717) is 6.61 Å². The summed E-state index contributed by atoms with van der Waals surface area (Å²) in [7, 11) is 0. The molecule has 0 fully saturated rings. The minimum atomic E-state index is -0.606. The standard InChI is InChI=1S/C10H21FO/c1-9(2,3)6-7-12-10(4,5)8-11/h6-8H2,1-5H3. The Labute approximate surface area is 75.3 Å². The highest BCUT2D eigenvalue weighted by Crippen LogP contribution is 2.20. The first-order chi connectivity index (χ1) is 5.27. The van der Waals surface area contributed by atoms with E-state index < -0.39 is 12.3 Å². The Morgan fingerprint density at radius 1 is 1.08 bits per heavy atom. The number of rotatable bonds is 4. The summed E-state index contributed by atoms with van der Waals surface area (Å²) in [6, 6.07) is 0. The van der Waals surface area contributed by atoms with Gasteiger partial charge in [-0.05, 0) is 25.7 Å². The maximum absolute atomic E-state index is 12.3. The molecule has 0 saturated heterocycles. The third kappa shape index (κ3) is 6.59. The molecule has 0 amide bonds. The van der Waals surface area contributed by atoms with Gasteiger partial charge in [0.1, 0.15) is 6.67 Å². The monoisotopic (exact) mass is 176 g/mol. The van der Waals surface area contributed by atoms with Crippen LogP contribution in [-0.4, -0.2) is 18.9 Å². The van der Waals surface area contributed by atoms with Crippen molar-refractivity contribution in [3.63, 3.8) is 0 Å². The van der Waals surface area contributed by atoms with Crippen LogP contribution < -0.4 is 0 Å². The van der Waals surface area contributed by atoms with Crippen molar-refractivity contribution in [3.8, 4) is 0 Å². The molecule has 0 aliphatic heterocycles. The van der Waals surface area contributed by atoms with Crippen LogP contribution >= 0.6 is 0 Å². The third-order valence-electron chi connectivity index (χ3n) is 1.67. The topological polar surface area (TPSA) is 9.23 Å². The van der Waals surface area contributed by atoms with Gasteiger partial charge in [-0.25, -0.2) is 4.39 Å². The van der Waals surface area contributed by atoms with E-state index in [9.17, 15) is 4.39 Å². The highest BCUT2D eigenvalue weighted by molar-refractivity contribution is 4.68. The van der Waals surface area contributed by atoms with E-state index in [4.69, 9.17) is 4.74 Å². The molecule has 74 valence electrons. The van der Waals surface area contributed by atoms with Crippen LogP contribution in [0.4, 0.5) is 4.39 Å². The van der Waals surface area contributed by atoms with Crippen LogP contribution in [0.5, 0.6) is 0 Å². The summed E-state index contributed by atoms with van der Waals surface area (Å²) in [5, 5.41) is 0. The molecule has 0 atom stereocenters. The molecule has 0 radical (unpaired) electrons. The second-order valence-electron chi connectivity index (χ2n) is 5.05. The molecule has 0 rings (SSSR count). The van der Waals surface area contributed by atoms with Crippen LogP contribution in [0.2, 0.25) is 0 Å². The van der Waals surface area contributed by atoms with E-state index in [1.807, 2.05) is 0 Å². The molecular formula is C10H21FO. The van der Waals surface area contributed by atoms with E-state index >= 15 is 0 Å². The van der Waals surface area contributed by atoms with Gasteiger partial charge in [0.05, 0.1) is 5.60 Å². The fourth-order valence-corrected chi connectivity index (χ4v) is 0.672. The Balaban J connectivity index is 3.57. The first kappa shape index (κ1) is 11.9. The van der Waals surface area contributed by atoms with Gasteiger partial charge >= 0.3 is 0 Å². The molecule has 0 heterocycles. The summed E-state index contributed by atoms with van der Waals surface area (Å²) in [5.74, 6) is 0. The lowest BCUT2D eigenvalue weighted by molar-refractivity contribution is -0.0420. The van der Waals surface area contributed by atoms with E-state index in [1.54, 1.807) is 13.8 Å². The molecule has 0 N–H and O–H groups in total. The van der Waals surface area contributed by atoms with Gasteiger partial charge in [0.2, 0.25) is 0 Å². The molecule has 0 aromatic carbocycles. The van der Waals surface area contributed by atoms with Crippen molar-refractivity contribution in [1.29, 1.82) is 0 Å². The van der Waals surface area contributed by atoms with Crippen LogP contribution in [0.3, 0.4) is 0 Å². The van der Waals surface area contributed by atoms with E-state index in [2.05, 4.69) is 20.8 Å². The zero-order chi connectivity index (χ0) is 9.83. The SMILES string of the molecule is CC(C)(C)CCOC(C)(C)CF. The van der Waals surface area contributed by atoms with Crippen LogP contribution in [0.15, 0.2) is 0 Å². The zero-order valence-electron chi connectivity index (χ0n) is 8.91. The highest BCUT2D eigenvalue weighted by Gasteiger charge is 2.19. The van der Waals surface area contributed by atoms with Crippen molar-refractivity contribution in [2.24, 2.45) is 5.41 Å². The maximum Gasteiger partial charge on any atom is 0.118 e. The van der Waals surface area contributed by atoms with Crippen molar-refractivity contribution in [2.75, 3.05) is 13.3 Å². The highest BCUT2D eigenvalue weighted by atomic mass is 19.1. The fraction of sp³-hybridized carbons (Fsp3) is 1.00. The predicted molar refractivity (Wildman–Crippen MR) is 50.1 cm³/mol. The predicted octanol–water partition coefficient (Wildman–Crippen LogP) is 3.19. The summed E-state index contributed by atoms with van der Waals surface area (Å²) in [5.41, 5.74) is -0.336. The molecule has 0 aliphatic rings. The molecule has 0 aromatic rings. The Morgan fingerprint density at radius 2 is 1.58 bits per heavy atom. The van der Waals surface area contributed by atoms with Crippen molar-refractivity contribution in [2.45, 2.75) is 46.6 Å². The molecule has 0 saturated carbocycles. The molecule has 0 bridgehead atoms. The Morgan fingerprint density at radius 3 is 1.92 bits per heavy atom. The van der Waals surface area contributed by atoms with Gasteiger partial charge in [0.25, 0.3) is 0 Å². The van der Waals surface area contributed by atoms with Gasteiger partial charge in [0, 0.05) is 6.61 Å². The van der Waals surface area contributed by atoms with Crippen molar-refractivity contribution >= 4 is 0 Å². The number of alkyl halides is 1. The molecule has 0 aliphatic carbocycles. The smallest absolute Gasteiger partial charge is 0.118 e. The van der Waals surface area contributed by atoms with Gasteiger partial charge in [-0.1, -0.05) is 20.8 Å². The van der Waals surface area contributed by atoms with Crippen molar-refractivity contribution in [1.82, 2.24) is 0 Å². The minimum absolute atomic E-state index is 0.270. The quantitative estimate of drug-likeness (QED) is 0.639. The van der Waals surface area contributed by atoms with Gasteiger partial charge in [-0.3, -0.25) is 0 Å². The maximum atomic E-state index is 12.3. The number of halogens is 1. The lowest BCUT2D eigenvalue weighted by Gasteiger charge is -2.24. The summed E-state index contributed by atoms with van der Waals surface area (Å²) < 4.78 is 17.6. The molecular weight excluding hydrogens is 155 g/mol. The van der Waals surface area contributed by atoms with E-state index in [-0.39, 0.29) is 5.41 Å². The average molecular weight is 176 g/mol. The lowest BCUT2D eigenvalue weighted by atomic mass is 9.93. The van der Waals surface area contributed by atoms with Crippen LogP contribution in [0.25, 0.3) is 0 Å². The summed E-state index contributed by atoms with van der Waals surface area (Å²) in [4.78, 5) is 0. The molecule has 0 unspecified atom stereocenters. The van der Waals surface area contributed by atoms with Crippen molar-refractivity contribution in [3.05, 3.63) is 0 Å². The van der Waals surface area contributed by atoms with Crippen LogP contribution in [0.1, 0.15) is 41.0 Å². The summed E-state index contributed by atoms with van der Waals surface area (Å²) in [6.45, 7) is 10.2. The third-order valence-corrected chi connectivity index (χ3v) is 1.67. The van der Waals surface area contributed by atoms with E-state index in [0.717, 1.165) is 6.42 Å².